The van der Waals surface area contributed by atoms with Gasteiger partial charge in [-0.1, -0.05) is 0 Å². The zero-order valence-corrected chi connectivity index (χ0v) is 7.10. The fourth-order valence-corrected chi connectivity index (χ4v) is 0.732. The number of carboxylic acids is 1. The van der Waals surface area contributed by atoms with Crippen LogP contribution < -0.4 is 11.1 Å². The van der Waals surface area contributed by atoms with Crippen LogP contribution >= 0.6 is 0 Å². The quantitative estimate of drug-likeness (QED) is 0.572. The van der Waals surface area contributed by atoms with Crippen molar-refractivity contribution < 1.29 is 14.7 Å². The molecule has 7 heteroatoms. The predicted molar refractivity (Wildman–Crippen MR) is 46.7 cm³/mol. The lowest BCUT2D eigenvalue weighted by atomic mass is 10.4. The topological polar surface area (TPSA) is 118 Å². The second-order valence-corrected chi connectivity index (χ2v) is 2.41. The Morgan fingerprint density at radius 2 is 2.21 bits per heavy atom. The van der Waals surface area contributed by atoms with Gasteiger partial charge in [0.1, 0.15) is 5.82 Å². The van der Waals surface area contributed by atoms with Gasteiger partial charge < -0.3 is 16.2 Å². The Labute approximate surface area is 79.0 Å². The number of rotatable bonds is 4. The maximum absolute atomic E-state index is 10.5. The second-order valence-electron chi connectivity index (χ2n) is 2.41. The van der Waals surface area contributed by atoms with Crippen LogP contribution in [0.3, 0.4) is 0 Å². The molecule has 0 spiro atoms. The van der Waals surface area contributed by atoms with Gasteiger partial charge in [-0.15, -0.1) is 0 Å². The third-order valence-electron chi connectivity index (χ3n) is 1.30. The first-order valence-corrected chi connectivity index (χ1v) is 3.67. The minimum atomic E-state index is -1.18. The molecule has 0 unspecified atom stereocenters. The molecule has 0 bridgehead atoms. The summed E-state index contributed by atoms with van der Waals surface area (Å²) in [5, 5.41) is 11.1. The molecule has 0 aromatic carbocycles. The van der Waals surface area contributed by atoms with Gasteiger partial charge in [0, 0.05) is 0 Å². The molecular weight excluding hydrogens is 188 g/mol. The van der Waals surface area contributed by atoms with Crippen molar-refractivity contribution in [1.29, 1.82) is 0 Å². The van der Waals surface area contributed by atoms with Crippen LogP contribution in [0.15, 0.2) is 12.4 Å². The number of carbonyl (C=O) groups is 2. The van der Waals surface area contributed by atoms with Crippen LogP contribution in [0.5, 0.6) is 0 Å². The highest BCUT2D eigenvalue weighted by Gasteiger charge is 2.05. The largest absolute Gasteiger partial charge is 0.476 e. The van der Waals surface area contributed by atoms with Crippen LogP contribution in [-0.4, -0.2) is 33.5 Å². The van der Waals surface area contributed by atoms with Crippen molar-refractivity contribution >= 4 is 17.7 Å². The summed E-state index contributed by atoms with van der Waals surface area (Å²) >= 11 is 0. The number of amides is 1. The van der Waals surface area contributed by atoms with Crippen LogP contribution in [0.1, 0.15) is 10.5 Å². The van der Waals surface area contributed by atoms with E-state index in [2.05, 4.69) is 15.3 Å². The highest BCUT2D eigenvalue weighted by Crippen LogP contribution is 2.00. The number of carbonyl (C=O) groups excluding carboxylic acids is 1. The highest BCUT2D eigenvalue weighted by atomic mass is 16.4. The molecule has 1 aromatic heterocycles. The Balaban J connectivity index is 2.73. The van der Waals surface area contributed by atoms with E-state index in [9.17, 15) is 9.59 Å². The van der Waals surface area contributed by atoms with Gasteiger partial charge >= 0.3 is 5.97 Å². The summed E-state index contributed by atoms with van der Waals surface area (Å²) in [4.78, 5) is 28.1. The van der Waals surface area contributed by atoms with Gasteiger partial charge in [-0.05, 0) is 0 Å². The average Bonchev–Trinajstić information content (AvgIpc) is 2.15. The van der Waals surface area contributed by atoms with Crippen LogP contribution in [0.4, 0.5) is 5.82 Å². The molecule has 0 radical (unpaired) electrons. The number of aromatic carboxylic acids is 1. The van der Waals surface area contributed by atoms with E-state index >= 15 is 0 Å². The molecule has 0 saturated heterocycles. The standard InChI is InChI=1S/C7H8N4O3/c8-5(12)2-10-6-3-9-1-4(11-6)7(13)14/h1,3H,2H2,(H2,8,12)(H,10,11)(H,13,14). The number of nitrogens with two attached hydrogens (primary N) is 1. The fourth-order valence-electron chi connectivity index (χ4n) is 0.732. The van der Waals surface area contributed by atoms with Crippen molar-refractivity contribution in [3.63, 3.8) is 0 Å². The van der Waals surface area contributed by atoms with E-state index < -0.39 is 11.9 Å². The summed E-state index contributed by atoms with van der Waals surface area (Å²) in [7, 11) is 0. The maximum Gasteiger partial charge on any atom is 0.356 e. The molecule has 1 heterocycles. The molecule has 14 heavy (non-hydrogen) atoms. The average molecular weight is 196 g/mol. The summed E-state index contributed by atoms with van der Waals surface area (Å²) in [6, 6.07) is 0. The smallest absolute Gasteiger partial charge is 0.356 e. The Kier molecular flexibility index (Phi) is 2.95. The van der Waals surface area contributed by atoms with Crippen molar-refractivity contribution in [1.82, 2.24) is 9.97 Å². The van der Waals surface area contributed by atoms with Crippen molar-refractivity contribution in [2.45, 2.75) is 0 Å². The van der Waals surface area contributed by atoms with Crippen molar-refractivity contribution in [3.05, 3.63) is 18.1 Å². The number of primary amides is 1. The molecular formula is C7H8N4O3. The van der Waals surface area contributed by atoms with Crippen molar-refractivity contribution in [2.75, 3.05) is 11.9 Å². The molecule has 1 amide bonds. The number of hydrogen-bond acceptors (Lipinski definition) is 5. The molecule has 0 saturated carbocycles. The third kappa shape index (κ3) is 2.70. The first kappa shape index (κ1) is 9.90. The SMILES string of the molecule is NC(=O)CNc1cncc(C(=O)O)n1. The van der Waals surface area contributed by atoms with E-state index in [1.807, 2.05) is 0 Å². The molecule has 1 aromatic rings. The van der Waals surface area contributed by atoms with E-state index in [4.69, 9.17) is 10.8 Å². The van der Waals surface area contributed by atoms with E-state index in [0.717, 1.165) is 6.20 Å². The normalized spacial score (nSPS) is 9.43. The van der Waals surface area contributed by atoms with Gasteiger partial charge in [0.2, 0.25) is 5.91 Å². The predicted octanol–water partition coefficient (Wildman–Crippen LogP) is -0.928. The summed E-state index contributed by atoms with van der Waals surface area (Å²) in [6.07, 6.45) is 2.41. The summed E-state index contributed by atoms with van der Waals surface area (Å²) < 4.78 is 0. The molecule has 0 aliphatic carbocycles. The number of aromatic nitrogens is 2. The lowest BCUT2D eigenvalue weighted by molar-refractivity contribution is -0.116. The minimum absolute atomic E-state index is 0.113. The lowest BCUT2D eigenvalue weighted by Gasteiger charge is -2.02. The second kappa shape index (κ2) is 4.17. The summed E-state index contributed by atoms with van der Waals surface area (Å²) in [6.45, 7) is -0.113. The molecule has 4 N–H and O–H groups in total. The van der Waals surface area contributed by atoms with Gasteiger partial charge in [0.05, 0.1) is 18.9 Å². The molecule has 74 valence electrons. The van der Waals surface area contributed by atoms with Crippen molar-refractivity contribution in [3.8, 4) is 0 Å². The Bertz CT molecular complexity index is 366. The van der Waals surface area contributed by atoms with E-state index in [-0.39, 0.29) is 18.1 Å². The minimum Gasteiger partial charge on any atom is -0.476 e. The monoisotopic (exact) mass is 196 g/mol. The molecule has 0 aliphatic heterocycles. The highest BCUT2D eigenvalue weighted by molar-refractivity contribution is 5.85. The number of nitrogens with zero attached hydrogens (tertiary/aromatic N) is 2. The number of hydrogen-bond donors (Lipinski definition) is 3. The maximum atomic E-state index is 10.5. The van der Waals surface area contributed by atoms with Crippen LogP contribution in [0.25, 0.3) is 0 Å². The first-order valence-electron chi connectivity index (χ1n) is 3.67. The number of carboxylic acid groups (broad SMARTS) is 1. The van der Waals surface area contributed by atoms with Crippen LogP contribution in [0, 0.1) is 0 Å². The Morgan fingerprint density at radius 3 is 2.79 bits per heavy atom. The van der Waals surface area contributed by atoms with Gasteiger partial charge in [-0.2, -0.15) is 0 Å². The Hall–Kier alpha value is -2.18. The van der Waals surface area contributed by atoms with Gasteiger partial charge in [0.25, 0.3) is 0 Å². The Morgan fingerprint density at radius 1 is 1.50 bits per heavy atom. The molecule has 0 aliphatic rings. The van der Waals surface area contributed by atoms with Crippen LogP contribution in [0.2, 0.25) is 0 Å². The first-order chi connectivity index (χ1) is 6.59. The summed E-state index contributed by atoms with van der Waals surface area (Å²) in [5.74, 6) is -1.54. The number of anilines is 1. The van der Waals surface area contributed by atoms with Crippen LogP contribution in [-0.2, 0) is 4.79 Å². The fraction of sp³-hybridized carbons (Fsp3) is 0.143. The molecule has 7 nitrogen and oxygen atoms in total. The van der Waals surface area contributed by atoms with E-state index in [0.29, 0.717) is 0 Å². The van der Waals surface area contributed by atoms with E-state index in [1.54, 1.807) is 0 Å². The lowest BCUT2D eigenvalue weighted by Crippen LogP contribution is -2.22. The number of nitrogens with one attached hydrogen (secondary N) is 1. The van der Waals surface area contributed by atoms with Gasteiger partial charge in [0.15, 0.2) is 5.69 Å². The molecule has 0 atom stereocenters. The van der Waals surface area contributed by atoms with Gasteiger partial charge in [-0.3, -0.25) is 9.78 Å². The summed E-state index contributed by atoms with van der Waals surface area (Å²) in [5.41, 5.74) is 4.68. The van der Waals surface area contributed by atoms with Crippen molar-refractivity contribution in [2.24, 2.45) is 5.73 Å². The zero-order valence-electron chi connectivity index (χ0n) is 7.10. The van der Waals surface area contributed by atoms with Gasteiger partial charge in [-0.25, -0.2) is 9.78 Å². The van der Waals surface area contributed by atoms with E-state index in [1.165, 1.54) is 6.20 Å². The molecule has 1 rings (SSSR count). The molecule has 0 fully saturated rings. The third-order valence-corrected chi connectivity index (χ3v) is 1.30. The zero-order chi connectivity index (χ0) is 10.6.